The van der Waals surface area contributed by atoms with Crippen molar-refractivity contribution in [1.29, 1.82) is 0 Å². The molecule has 1 N–H and O–H groups in total. The van der Waals surface area contributed by atoms with Crippen LogP contribution < -0.4 is 10.1 Å². The van der Waals surface area contributed by atoms with Crippen molar-refractivity contribution in [3.05, 3.63) is 28.2 Å². The minimum Gasteiger partial charge on any atom is -0.496 e. The second kappa shape index (κ2) is 7.80. The van der Waals surface area contributed by atoms with Crippen LogP contribution in [0.3, 0.4) is 0 Å². The summed E-state index contributed by atoms with van der Waals surface area (Å²) in [6.45, 7) is 8.92. The molecule has 0 saturated heterocycles. The number of hydrogen-bond donors (Lipinski definition) is 1. The molecule has 0 aromatic heterocycles. The Morgan fingerprint density at radius 1 is 1.28 bits per heavy atom. The Hall–Kier alpha value is -0.540. The number of ether oxygens (including phenoxy) is 1. The molecule has 18 heavy (non-hydrogen) atoms. The molecule has 1 rings (SSSR count). The maximum atomic E-state index is 5.25. The molecule has 0 spiro atoms. The first-order valence-corrected chi connectivity index (χ1v) is 7.40. The molecule has 0 aliphatic carbocycles. The summed E-state index contributed by atoms with van der Waals surface area (Å²) < 4.78 is 6.28. The van der Waals surface area contributed by atoms with Crippen molar-refractivity contribution in [2.75, 3.05) is 20.2 Å². The van der Waals surface area contributed by atoms with Gasteiger partial charge in [0.1, 0.15) is 5.75 Å². The Bertz CT molecular complexity index is 368. The smallest absolute Gasteiger partial charge is 0.133 e. The number of hydrogen-bond acceptors (Lipinski definition) is 2. The van der Waals surface area contributed by atoms with E-state index in [-0.39, 0.29) is 0 Å². The van der Waals surface area contributed by atoms with Gasteiger partial charge >= 0.3 is 0 Å². The molecule has 0 fully saturated rings. The Kier molecular flexibility index (Phi) is 6.72. The van der Waals surface area contributed by atoms with E-state index in [2.05, 4.69) is 54.2 Å². The lowest BCUT2D eigenvalue weighted by Crippen LogP contribution is -2.25. The molecule has 1 aromatic rings. The van der Waals surface area contributed by atoms with Crippen LogP contribution in [0.5, 0.6) is 5.75 Å². The number of methoxy groups -OCH3 is 1. The van der Waals surface area contributed by atoms with E-state index in [9.17, 15) is 0 Å². The third kappa shape index (κ3) is 4.62. The Morgan fingerprint density at radius 2 is 2.00 bits per heavy atom. The summed E-state index contributed by atoms with van der Waals surface area (Å²) in [5.74, 6) is 2.25. The van der Waals surface area contributed by atoms with E-state index in [1.54, 1.807) is 7.11 Å². The lowest BCUT2D eigenvalue weighted by atomic mass is 9.89. The zero-order valence-electron chi connectivity index (χ0n) is 11.8. The first kappa shape index (κ1) is 15.5. The van der Waals surface area contributed by atoms with E-state index in [4.69, 9.17) is 4.74 Å². The average Bonchev–Trinajstić information content (AvgIpc) is 2.36. The second-order valence-electron chi connectivity index (χ2n) is 4.94. The minimum atomic E-state index is 0.671. The summed E-state index contributed by atoms with van der Waals surface area (Å²) in [4.78, 5) is 0. The van der Waals surface area contributed by atoms with Gasteiger partial charge in [-0.05, 0) is 65.0 Å². The Labute approximate surface area is 119 Å². The van der Waals surface area contributed by atoms with Crippen molar-refractivity contribution in [2.45, 2.75) is 27.2 Å². The van der Waals surface area contributed by atoms with Gasteiger partial charge in [-0.1, -0.05) is 26.8 Å². The van der Waals surface area contributed by atoms with Crippen molar-refractivity contribution < 1.29 is 4.74 Å². The maximum Gasteiger partial charge on any atom is 0.133 e. The second-order valence-corrected chi connectivity index (χ2v) is 5.79. The molecular weight excluding hydrogens is 290 g/mol. The topological polar surface area (TPSA) is 21.3 Å². The number of benzene rings is 1. The summed E-state index contributed by atoms with van der Waals surface area (Å²) >= 11 is 3.54. The predicted octanol–water partition coefficient (Wildman–Crippen LogP) is 3.88. The molecule has 0 aliphatic rings. The molecule has 0 saturated carbocycles. The van der Waals surface area contributed by atoms with Crippen LogP contribution in [0, 0.1) is 11.8 Å². The van der Waals surface area contributed by atoms with Crippen LogP contribution in [0.15, 0.2) is 22.7 Å². The van der Waals surface area contributed by atoms with E-state index in [0.29, 0.717) is 11.8 Å². The third-order valence-electron chi connectivity index (χ3n) is 3.46. The normalized spacial score (nSPS) is 14.3. The molecule has 0 aliphatic heterocycles. The first-order valence-electron chi connectivity index (χ1n) is 6.61. The number of rotatable bonds is 7. The van der Waals surface area contributed by atoms with Crippen molar-refractivity contribution in [3.8, 4) is 5.75 Å². The molecule has 0 amide bonds. The van der Waals surface area contributed by atoms with Crippen LogP contribution in [0.25, 0.3) is 0 Å². The van der Waals surface area contributed by atoms with E-state index in [1.165, 1.54) is 5.56 Å². The fourth-order valence-corrected chi connectivity index (χ4v) is 2.57. The molecule has 102 valence electrons. The summed E-state index contributed by atoms with van der Waals surface area (Å²) in [7, 11) is 1.70. The van der Waals surface area contributed by atoms with Gasteiger partial charge in [-0.15, -0.1) is 0 Å². The van der Waals surface area contributed by atoms with E-state index in [1.807, 2.05) is 6.07 Å². The van der Waals surface area contributed by atoms with Crippen LogP contribution in [-0.4, -0.2) is 20.2 Å². The zero-order valence-corrected chi connectivity index (χ0v) is 13.4. The Morgan fingerprint density at radius 3 is 2.56 bits per heavy atom. The molecule has 2 nitrogen and oxygen atoms in total. The fraction of sp³-hybridized carbons (Fsp3) is 0.600. The van der Waals surface area contributed by atoms with Gasteiger partial charge in [0.25, 0.3) is 0 Å². The van der Waals surface area contributed by atoms with E-state index >= 15 is 0 Å². The van der Waals surface area contributed by atoms with Crippen LogP contribution in [0.1, 0.15) is 26.3 Å². The van der Waals surface area contributed by atoms with Crippen LogP contribution in [0.4, 0.5) is 0 Å². The van der Waals surface area contributed by atoms with Crippen LogP contribution in [0.2, 0.25) is 0 Å². The summed E-state index contributed by atoms with van der Waals surface area (Å²) in [5, 5.41) is 3.42. The molecular formula is C15H24BrNO. The Balaban J connectivity index is 2.58. The van der Waals surface area contributed by atoms with Crippen molar-refractivity contribution in [2.24, 2.45) is 11.8 Å². The van der Waals surface area contributed by atoms with Crippen LogP contribution >= 0.6 is 15.9 Å². The van der Waals surface area contributed by atoms with Crippen molar-refractivity contribution in [1.82, 2.24) is 5.32 Å². The van der Waals surface area contributed by atoms with Crippen molar-refractivity contribution in [3.63, 3.8) is 0 Å². The SMILES string of the molecule is CCNCC(C)C(C)Cc1ccc(OC)c(Br)c1. The molecule has 2 atom stereocenters. The van der Waals surface area contributed by atoms with Gasteiger partial charge in [-0.25, -0.2) is 0 Å². The largest absolute Gasteiger partial charge is 0.496 e. The van der Waals surface area contributed by atoms with E-state index in [0.717, 1.165) is 29.7 Å². The highest BCUT2D eigenvalue weighted by molar-refractivity contribution is 9.10. The highest BCUT2D eigenvalue weighted by atomic mass is 79.9. The summed E-state index contributed by atoms with van der Waals surface area (Å²) in [5.41, 5.74) is 1.36. The van der Waals surface area contributed by atoms with Gasteiger partial charge < -0.3 is 10.1 Å². The molecule has 3 heteroatoms. The molecule has 2 unspecified atom stereocenters. The lowest BCUT2D eigenvalue weighted by molar-refractivity contribution is 0.368. The van der Waals surface area contributed by atoms with Gasteiger partial charge in [-0.2, -0.15) is 0 Å². The van der Waals surface area contributed by atoms with Gasteiger partial charge in [0.05, 0.1) is 11.6 Å². The standard InChI is InChI=1S/C15H24BrNO/c1-5-17-10-12(3)11(2)8-13-6-7-15(18-4)14(16)9-13/h6-7,9,11-12,17H,5,8,10H2,1-4H3. The lowest BCUT2D eigenvalue weighted by Gasteiger charge is -2.20. The van der Waals surface area contributed by atoms with Crippen molar-refractivity contribution >= 4 is 15.9 Å². The zero-order chi connectivity index (χ0) is 13.5. The molecule has 0 heterocycles. The highest BCUT2D eigenvalue weighted by Gasteiger charge is 2.13. The quantitative estimate of drug-likeness (QED) is 0.824. The van der Waals surface area contributed by atoms with Gasteiger partial charge in [0.2, 0.25) is 0 Å². The highest BCUT2D eigenvalue weighted by Crippen LogP contribution is 2.27. The number of halogens is 1. The summed E-state index contributed by atoms with van der Waals surface area (Å²) in [6.07, 6.45) is 1.11. The summed E-state index contributed by atoms with van der Waals surface area (Å²) in [6, 6.07) is 6.34. The maximum absolute atomic E-state index is 5.25. The fourth-order valence-electron chi connectivity index (χ4n) is 1.98. The number of nitrogens with one attached hydrogen (secondary N) is 1. The molecule has 1 aromatic carbocycles. The molecule has 0 bridgehead atoms. The first-order chi connectivity index (χ1) is 8.58. The van der Waals surface area contributed by atoms with E-state index < -0.39 is 0 Å². The van der Waals surface area contributed by atoms with Gasteiger partial charge in [-0.3, -0.25) is 0 Å². The van der Waals surface area contributed by atoms with Gasteiger partial charge in [0, 0.05) is 0 Å². The van der Waals surface area contributed by atoms with Crippen LogP contribution in [-0.2, 0) is 6.42 Å². The monoisotopic (exact) mass is 313 g/mol. The third-order valence-corrected chi connectivity index (χ3v) is 4.08. The average molecular weight is 314 g/mol. The predicted molar refractivity (Wildman–Crippen MR) is 81.3 cm³/mol. The minimum absolute atomic E-state index is 0.671. The van der Waals surface area contributed by atoms with Gasteiger partial charge in [0.15, 0.2) is 0 Å². The molecule has 0 radical (unpaired) electrons.